The number of rotatable bonds is 3. The molecule has 1 nitrogen and oxygen atoms in total. The minimum atomic E-state index is -1.22. The summed E-state index contributed by atoms with van der Waals surface area (Å²) < 4.78 is 16.2. The number of halogens is 1. The molecule has 1 heterocycles. The summed E-state index contributed by atoms with van der Waals surface area (Å²) in [4.78, 5) is 0. The van der Waals surface area contributed by atoms with Gasteiger partial charge in [-0.1, -0.05) is 13.8 Å². The summed E-state index contributed by atoms with van der Waals surface area (Å²) in [6, 6.07) is 3.77. The molecule has 1 unspecified atom stereocenters. The molecule has 1 aromatic heterocycles. The van der Waals surface area contributed by atoms with Gasteiger partial charge in [0.15, 0.2) is 0 Å². The Balaban J connectivity index is 3.06. The molecule has 0 bridgehead atoms. The molecule has 2 heteroatoms. The largest absolute Gasteiger partial charge is 0.349 e. The number of nitrogens with zero attached hydrogens (tertiary/aromatic N) is 1. The van der Waals surface area contributed by atoms with Crippen molar-refractivity contribution in [2.24, 2.45) is 5.92 Å². The molecule has 0 amide bonds. The Bertz CT molecular complexity index is 273. The molecular weight excluding hydrogens is 165 g/mol. The van der Waals surface area contributed by atoms with Crippen LogP contribution in [0.2, 0.25) is 0 Å². The predicted molar refractivity (Wildman–Crippen MR) is 53.4 cm³/mol. The fourth-order valence-electron chi connectivity index (χ4n) is 1.43. The quantitative estimate of drug-likeness (QED) is 0.677. The van der Waals surface area contributed by atoms with E-state index in [-0.39, 0.29) is 5.92 Å². The second-order valence-electron chi connectivity index (χ2n) is 3.91. The molecule has 0 fully saturated rings. The maximum atomic E-state index is 14.2. The van der Waals surface area contributed by atoms with Crippen LogP contribution >= 0.6 is 0 Å². The highest BCUT2D eigenvalue weighted by atomic mass is 19.1. The Morgan fingerprint density at radius 2 is 2.15 bits per heavy atom. The number of aromatic nitrogens is 1. The van der Waals surface area contributed by atoms with Crippen LogP contribution in [-0.4, -0.2) is 4.57 Å². The van der Waals surface area contributed by atoms with E-state index in [1.54, 1.807) is 6.92 Å². The van der Waals surface area contributed by atoms with Crippen molar-refractivity contribution in [2.45, 2.75) is 39.9 Å². The molecule has 1 aromatic rings. The predicted octanol–water partition coefficient (Wildman–Crippen LogP) is 3.35. The Morgan fingerprint density at radius 3 is 2.62 bits per heavy atom. The van der Waals surface area contributed by atoms with Gasteiger partial charge in [-0.15, -0.1) is 0 Å². The van der Waals surface area contributed by atoms with Crippen molar-refractivity contribution in [2.75, 3.05) is 0 Å². The average Bonchev–Trinajstić information content (AvgIpc) is 2.51. The minimum absolute atomic E-state index is 0.00713. The first-order valence-electron chi connectivity index (χ1n) is 4.84. The normalized spacial score (nSPS) is 16.2. The summed E-state index contributed by atoms with van der Waals surface area (Å²) in [5.74, 6) is 0.00713. The van der Waals surface area contributed by atoms with E-state index in [1.807, 2.05) is 43.7 Å². The van der Waals surface area contributed by atoms with Crippen LogP contribution in [0.3, 0.4) is 0 Å². The summed E-state index contributed by atoms with van der Waals surface area (Å²) >= 11 is 0. The van der Waals surface area contributed by atoms with E-state index in [0.717, 1.165) is 12.2 Å². The van der Waals surface area contributed by atoms with Crippen molar-refractivity contribution in [1.29, 1.82) is 0 Å². The summed E-state index contributed by atoms with van der Waals surface area (Å²) in [5.41, 5.74) is -0.440. The third kappa shape index (κ3) is 1.77. The molecule has 0 radical (unpaired) electrons. The monoisotopic (exact) mass is 183 g/mol. The lowest BCUT2D eigenvalue weighted by Gasteiger charge is -2.26. The Morgan fingerprint density at radius 1 is 1.54 bits per heavy atom. The molecule has 0 aromatic carbocycles. The van der Waals surface area contributed by atoms with Crippen molar-refractivity contribution in [1.82, 2.24) is 4.57 Å². The lowest BCUT2D eigenvalue weighted by Crippen LogP contribution is -2.25. The first-order valence-corrected chi connectivity index (χ1v) is 4.84. The molecule has 1 atom stereocenters. The smallest absolute Gasteiger partial charge is 0.150 e. The first kappa shape index (κ1) is 10.3. The van der Waals surface area contributed by atoms with Crippen molar-refractivity contribution in [3.05, 3.63) is 24.0 Å². The zero-order valence-electron chi connectivity index (χ0n) is 8.84. The zero-order chi connectivity index (χ0) is 10.1. The average molecular weight is 183 g/mol. The van der Waals surface area contributed by atoms with Gasteiger partial charge >= 0.3 is 0 Å². The van der Waals surface area contributed by atoms with E-state index in [0.29, 0.717) is 0 Å². The van der Waals surface area contributed by atoms with Crippen LogP contribution in [0.4, 0.5) is 4.39 Å². The van der Waals surface area contributed by atoms with Crippen LogP contribution in [0.5, 0.6) is 0 Å². The fraction of sp³-hybridized carbons (Fsp3) is 0.636. The van der Waals surface area contributed by atoms with Crippen LogP contribution in [0.1, 0.15) is 33.4 Å². The van der Waals surface area contributed by atoms with Crippen molar-refractivity contribution in [3.8, 4) is 0 Å². The Hall–Kier alpha value is -0.790. The van der Waals surface area contributed by atoms with Gasteiger partial charge in [0.1, 0.15) is 5.67 Å². The number of hydrogen-bond acceptors (Lipinski definition) is 0. The zero-order valence-corrected chi connectivity index (χ0v) is 8.84. The Kier molecular flexibility index (Phi) is 2.79. The van der Waals surface area contributed by atoms with Gasteiger partial charge in [0.05, 0.1) is 5.69 Å². The molecule has 0 spiro atoms. The summed E-state index contributed by atoms with van der Waals surface area (Å²) in [6.45, 7) is 8.33. The van der Waals surface area contributed by atoms with E-state index in [2.05, 4.69) is 0 Å². The molecule has 0 aliphatic carbocycles. The first-order chi connectivity index (χ1) is 6.00. The molecule has 0 N–H and O–H groups in total. The van der Waals surface area contributed by atoms with Gasteiger partial charge in [0.25, 0.3) is 0 Å². The van der Waals surface area contributed by atoms with Gasteiger partial charge in [-0.2, -0.15) is 0 Å². The number of alkyl halides is 1. The Labute approximate surface area is 79.6 Å². The van der Waals surface area contributed by atoms with Crippen molar-refractivity contribution < 1.29 is 4.39 Å². The van der Waals surface area contributed by atoms with Gasteiger partial charge in [-0.25, -0.2) is 4.39 Å². The fourth-order valence-corrected chi connectivity index (χ4v) is 1.43. The van der Waals surface area contributed by atoms with Crippen LogP contribution in [0, 0.1) is 5.92 Å². The molecule has 0 saturated carbocycles. The topological polar surface area (TPSA) is 4.93 Å². The summed E-state index contributed by atoms with van der Waals surface area (Å²) in [5, 5.41) is 0. The second kappa shape index (κ2) is 3.52. The number of hydrogen-bond donors (Lipinski definition) is 0. The third-order valence-electron chi connectivity index (χ3n) is 2.76. The van der Waals surface area contributed by atoms with Gasteiger partial charge in [-0.05, 0) is 31.9 Å². The van der Waals surface area contributed by atoms with Crippen LogP contribution in [0.25, 0.3) is 0 Å². The maximum Gasteiger partial charge on any atom is 0.150 e. The highest BCUT2D eigenvalue weighted by molar-refractivity contribution is 5.16. The molecule has 74 valence electrons. The van der Waals surface area contributed by atoms with E-state index >= 15 is 0 Å². The van der Waals surface area contributed by atoms with Gasteiger partial charge < -0.3 is 4.57 Å². The summed E-state index contributed by atoms with van der Waals surface area (Å²) in [6.07, 6.45) is 1.93. The molecule has 1 rings (SSSR count). The molecular formula is C11H18FN. The lowest BCUT2D eigenvalue weighted by molar-refractivity contribution is 0.113. The second-order valence-corrected chi connectivity index (χ2v) is 3.91. The van der Waals surface area contributed by atoms with E-state index < -0.39 is 5.67 Å². The molecule has 13 heavy (non-hydrogen) atoms. The lowest BCUT2D eigenvalue weighted by atomic mass is 9.91. The SMILES string of the molecule is CCn1cccc1C(C)(F)C(C)C. The molecule has 0 saturated heterocycles. The highest BCUT2D eigenvalue weighted by Gasteiger charge is 2.32. The highest BCUT2D eigenvalue weighted by Crippen LogP contribution is 2.33. The van der Waals surface area contributed by atoms with Gasteiger partial charge in [0.2, 0.25) is 0 Å². The van der Waals surface area contributed by atoms with E-state index in [9.17, 15) is 4.39 Å². The van der Waals surface area contributed by atoms with Crippen molar-refractivity contribution in [3.63, 3.8) is 0 Å². The van der Waals surface area contributed by atoms with Gasteiger partial charge in [0, 0.05) is 12.7 Å². The van der Waals surface area contributed by atoms with Crippen LogP contribution in [0.15, 0.2) is 18.3 Å². The molecule has 0 aliphatic heterocycles. The van der Waals surface area contributed by atoms with E-state index in [4.69, 9.17) is 0 Å². The minimum Gasteiger partial charge on any atom is -0.349 e. The molecule has 0 aliphatic rings. The van der Waals surface area contributed by atoms with E-state index in [1.165, 1.54) is 0 Å². The van der Waals surface area contributed by atoms with Crippen molar-refractivity contribution >= 4 is 0 Å². The summed E-state index contributed by atoms with van der Waals surface area (Å²) in [7, 11) is 0. The third-order valence-corrected chi connectivity index (χ3v) is 2.76. The maximum absolute atomic E-state index is 14.2. The van der Waals surface area contributed by atoms with Crippen LogP contribution in [-0.2, 0) is 12.2 Å². The standard InChI is InChI=1S/C11H18FN/c1-5-13-8-6-7-10(13)11(4,12)9(2)3/h6-9H,5H2,1-4H3. The van der Waals surface area contributed by atoms with Crippen LogP contribution < -0.4 is 0 Å². The van der Waals surface area contributed by atoms with Gasteiger partial charge in [-0.3, -0.25) is 0 Å². The number of aryl methyl sites for hydroxylation is 1.